The molecule has 168 valence electrons. The molecule has 0 aliphatic rings. The molecule has 0 saturated carbocycles. The van der Waals surface area contributed by atoms with E-state index in [2.05, 4.69) is 15.9 Å². The zero-order valence-corrected chi connectivity index (χ0v) is 20.6. The van der Waals surface area contributed by atoms with E-state index in [1.54, 1.807) is 52.0 Å². The summed E-state index contributed by atoms with van der Waals surface area (Å²) in [5.41, 5.74) is 0.219. The molecule has 0 aliphatic carbocycles. The van der Waals surface area contributed by atoms with Gasteiger partial charge in [0.15, 0.2) is 17.9 Å². The molecule has 1 amide bonds. The molecular formula is C24H29BrFNO4. The summed E-state index contributed by atoms with van der Waals surface area (Å²) in [6.07, 6.45) is 0.217. The highest BCUT2D eigenvalue weighted by atomic mass is 79.9. The Balaban J connectivity index is 2.36. The fourth-order valence-electron chi connectivity index (χ4n) is 2.83. The van der Waals surface area contributed by atoms with Crippen LogP contribution in [-0.4, -0.2) is 28.4 Å². The van der Waals surface area contributed by atoms with Crippen molar-refractivity contribution in [2.24, 2.45) is 0 Å². The molecule has 5 nitrogen and oxygen atoms in total. The number of benzene rings is 2. The lowest BCUT2D eigenvalue weighted by Crippen LogP contribution is -2.47. The van der Waals surface area contributed by atoms with Crippen molar-refractivity contribution in [3.63, 3.8) is 0 Å². The van der Waals surface area contributed by atoms with Crippen LogP contribution in [0, 0.1) is 12.7 Å². The number of rotatable bonds is 5. The van der Waals surface area contributed by atoms with Gasteiger partial charge in [0, 0.05) is 26.7 Å². The van der Waals surface area contributed by atoms with Crippen molar-refractivity contribution in [3.05, 3.63) is 57.3 Å². The minimum absolute atomic E-state index is 0.0220. The minimum atomic E-state index is -0.664. The van der Waals surface area contributed by atoms with Crippen molar-refractivity contribution < 1.29 is 23.5 Å². The summed E-state index contributed by atoms with van der Waals surface area (Å²) in [4.78, 5) is 25.3. The van der Waals surface area contributed by atoms with Crippen LogP contribution in [0.15, 0.2) is 34.8 Å². The number of halogens is 2. The third-order valence-electron chi connectivity index (χ3n) is 4.51. The van der Waals surface area contributed by atoms with Gasteiger partial charge in [-0.3, -0.25) is 9.69 Å². The van der Waals surface area contributed by atoms with Crippen molar-refractivity contribution >= 4 is 28.3 Å². The first-order valence-corrected chi connectivity index (χ1v) is 10.7. The van der Waals surface area contributed by atoms with Gasteiger partial charge in [0.2, 0.25) is 0 Å². The van der Waals surface area contributed by atoms with Crippen molar-refractivity contribution in [2.75, 3.05) is 0 Å². The van der Waals surface area contributed by atoms with E-state index in [1.165, 1.54) is 11.0 Å². The Hall–Kier alpha value is -2.41. The molecule has 0 atom stereocenters. The Morgan fingerprint density at radius 2 is 1.74 bits per heavy atom. The number of aldehydes is 1. The Labute approximate surface area is 191 Å². The van der Waals surface area contributed by atoms with Crippen LogP contribution in [0.3, 0.4) is 0 Å². The maximum absolute atomic E-state index is 15.3. The fourth-order valence-corrected chi connectivity index (χ4v) is 3.25. The zero-order valence-electron chi connectivity index (χ0n) is 19.0. The van der Waals surface area contributed by atoms with Crippen molar-refractivity contribution in [1.82, 2.24) is 4.90 Å². The van der Waals surface area contributed by atoms with Crippen molar-refractivity contribution in [3.8, 4) is 11.5 Å². The first-order valence-electron chi connectivity index (χ1n) is 9.94. The molecule has 0 saturated heterocycles. The standard InChI is InChI=1S/C24H29BrFNO4/c1-15-18(12-11-17(14-28)20(15)25)30-19-10-8-9-16(21(19)26)13-27(23(2,3)4)22(29)31-24(5,6)7/h8-12,14H,13H2,1-7H3. The van der Waals surface area contributed by atoms with E-state index in [1.807, 2.05) is 20.8 Å². The SMILES string of the molecule is Cc1c(Oc2cccc(CN(C(=O)OC(C)(C)C)C(C)(C)C)c2F)ccc(C=O)c1Br. The Bertz CT molecular complexity index is 977. The number of nitrogens with zero attached hydrogens (tertiary/aromatic N) is 1. The molecule has 2 rings (SSSR count). The summed E-state index contributed by atoms with van der Waals surface area (Å²) >= 11 is 3.37. The summed E-state index contributed by atoms with van der Waals surface area (Å²) < 4.78 is 27.2. The number of hydrogen-bond acceptors (Lipinski definition) is 4. The quantitative estimate of drug-likeness (QED) is 0.419. The monoisotopic (exact) mass is 493 g/mol. The molecule has 2 aromatic rings. The van der Waals surface area contributed by atoms with Crippen molar-refractivity contribution in [2.45, 2.75) is 66.2 Å². The molecule has 0 bridgehead atoms. The van der Waals surface area contributed by atoms with E-state index < -0.39 is 23.1 Å². The largest absolute Gasteiger partial charge is 0.454 e. The van der Waals surface area contributed by atoms with Gasteiger partial charge in [0.05, 0.1) is 6.54 Å². The number of carbonyl (C=O) groups excluding carboxylic acids is 2. The Kier molecular flexibility index (Phi) is 7.53. The van der Waals surface area contributed by atoms with Gasteiger partial charge < -0.3 is 9.47 Å². The molecule has 0 aliphatic heterocycles. The average Bonchev–Trinajstić information content (AvgIpc) is 2.63. The molecule has 0 radical (unpaired) electrons. The molecule has 0 fully saturated rings. The Morgan fingerprint density at radius 1 is 1.10 bits per heavy atom. The van der Waals surface area contributed by atoms with Crippen molar-refractivity contribution in [1.29, 1.82) is 0 Å². The number of amides is 1. The van der Waals surface area contributed by atoms with Gasteiger partial charge in [-0.2, -0.15) is 0 Å². The second kappa shape index (κ2) is 9.39. The predicted molar refractivity (Wildman–Crippen MR) is 122 cm³/mol. The average molecular weight is 494 g/mol. The summed E-state index contributed by atoms with van der Waals surface area (Å²) in [6, 6.07) is 8.04. The van der Waals surface area contributed by atoms with Crippen LogP contribution in [0.2, 0.25) is 0 Å². The molecular weight excluding hydrogens is 465 g/mol. The van der Waals surface area contributed by atoms with Gasteiger partial charge in [0.25, 0.3) is 0 Å². The van der Waals surface area contributed by atoms with Crippen LogP contribution >= 0.6 is 15.9 Å². The summed E-state index contributed by atoms with van der Waals surface area (Å²) in [5, 5.41) is 0. The molecule has 0 aromatic heterocycles. The first kappa shape index (κ1) is 24.9. The fraction of sp³-hybridized carbons (Fsp3) is 0.417. The molecule has 0 unspecified atom stereocenters. The predicted octanol–water partition coefficient (Wildman–Crippen LogP) is 7.04. The van der Waals surface area contributed by atoms with Crippen LogP contribution in [0.4, 0.5) is 9.18 Å². The highest BCUT2D eigenvalue weighted by molar-refractivity contribution is 9.10. The second-order valence-corrected chi connectivity index (χ2v) is 10.1. The van der Waals surface area contributed by atoms with E-state index in [4.69, 9.17) is 9.47 Å². The molecule has 7 heteroatoms. The lowest BCUT2D eigenvalue weighted by atomic mass is 10.0. The van der Waals surface area contributed by atoms with E-state index in [0.717, 1.165) is 6.29 Å². The number of ether oxygens (including phenoxy) is 2. The topological polar surface area (TPSA) is 55.8 Å². The van der Waals surface area contributed by atoms with Crippen LogP contribution in [0.5, 0.6) is 11.5 Å². The van der Waals surface area contributed by atoms with E-state index >= 15 is 4.39 Å². The van der Waals surface area contributed by atoms with E-state index in [0.29, 0.717) is 26.9 Å². The zero-order chi connectivity index (χ0) is 23.6. The smallest absolute Gasteiger partial charge is 0.411 e. The summed E-state index contributed by atoms with van der Waals surface area (Å²) in [7, 11) is 0. The highest BCUT2D eigenvalue weighted by Crippen LogP contribution is 2.34. The highest BCUT2D eigenvalue weighted by Gasteiger charge is 2.31. The van der Waals surface area contributed by atoms with Gasteiger partial charge in [-0.1, -0.05) is 12.1 Å². The molecule has 2 aromatic carbocycles. The molecule has 0 heterocycles. The van der Waals surface area contributed by atoms with Gasteiger partial charge in [-0.05, 0) is 82.6 Å². The number of carbonyl (C=O) groups is 2. The molecule has 31 heavy (non-hydrogen) atoms. The van der Waals surface area contributed by atoms with Gasteiger partial charge in [0.1, 0.15) is 11.4 Å². The van der Waals surface area contributed by atoms with Crippen LogP contribution in [-0.2, 0) is 11.3 Å². The van der Waals surface area contributed by atoms with Gasteiger partial charge in [-0.15, -0.1) is 0 Å². The maximum Gasteiger partial charge on any atom is 0.411 e. The third kappa shape index (κ3) is 6.29. The summed E-state index contributed by atoms with van der Waals surface area (Å²) in [5.74, 6) is -0.104. The second-order valence-electron chi connectivity index (χ2n) is 9.28. The number of hydrogen-bond donors (Lipinski definition) is 0. The lowest BCUT2D eigenvalue weighted by Gasteiger charge is -2.37. The Morgan fingerprint density at radius 3 is 2.29 bits per heavy atom. The third-order valence-corrected chi connectivity index (χ3v) is 5.56. The first-order chi connectivity index (χ1) is 14.2. The maximum atomic E-state index is 15.3. The van der Waals surface area contributed by atoms with Crippen LogP contribution in [0.25, 0.3) is 0 Å². The summed E-state index contributed by atoms with van der Waals surface area (Å²) in [6.45, 7) is 12.8. The lowest BCUT2D eigenvalue weighted by molar-refractivity contribution is 0.00343. The van der Waals surface area contributed by atoms with E-state index in [-0.39, 0.29) is 12.3 Å². The van der Waals surface area contributed by atoms with Gasteiger partial charge >= 0.3 is 6.09 Å². The molecule has 0 N–H and O–H groups in total. The normalized spacial score (nSPS) is 11.8. The minimum Gasteiger partial charge on any atom is -0.454 e. The van der Waals surface area contributed by atoms with Gasteiger partial charge in [-0.25, -0.2) is 9.18 Å². The molecule has 0 spiro atoms. The van der Waals surface area contributed by atoms with Crippen LogP contribution in [0.1, 0.15) is 63.0 Å². The van der Waals surface area contributed by atoms with E-state index in [9.17, 15) is 9.59 Å². The van der Waals surface area contributed by atoms with Crippen LogP contribution < -0.4 is 4.74 Å².